The SMILES string of the molecule is COC(=O)CCCCCNc1ncccc1F. The molecule has 1 aromatic heterocycles. The van der Waals surface area contributed by atoms with E-state index in [0.717, 1.165) is 19.3 Å². The van der Waals surface area contributed by atoms with Gasteiger partial charge in [0, 0.05) is 19.2 Å². The lowest BCUT2D eigenvalue weighted by Gasteiger charge is -2.05. The third kappa shape index (κ3) is 5.29. The molecule has 0 saturated heterocycles. The molecule has 0 radical (unpaired) electrons. The zero-order valence-electron chi connectivity index (χ0n) is 9.91. The molecule has 1 heterocycles. The minimum atomic E-state index is -0.345. The van der Waals surface area contributed by atoms with Gasteiger partial charge in [0.15, 0.2) is 11.6 Å². The fourth-order valence-electron chi connectivity index (χ4n) is 1.40. The summed E-state index contributed by atoms with van der Waals surface area (Å²) in [6.45, 7) is 0.648. The highest BCUT2D eigenvalue weighted by Gasteiger charge is 2.01. The van der Waals surface area contributed by atoms with E-state index in [0.29, 0.717) is 13.0 Å². The molecule has 1 N–H and O–H groups in total. The Balaban J connectivity index is 2.09. The van der Waals surface area contributed by atoms with Gasteiger partial charge < -0.3 is 10.1 Å². The number of rotatable bonds is 7. The van der Waals surface area contributed by atoms with E-state index >= 15 is 0 Å². The number of pyridine rings is 1. The number of carbonyl (C=O) groups is 1. The van der Waals surface area contributed by atoms with Crippen molar-refractivity contribution < 1.29 is 13.9 Å². The highest BCUT2D eigenvalue weighted by Crippen LogP contribution is 2.09. The maximum atomic E-state index is 13.1. The van der Waals surface area contributed by atoms with E-state index in [2.05, 4.69) is 15.0 Å². The lowest BCUT2D eigenvalue weighted by molar-refractivity contribution is -0.140. The minimum absolute atomic E-state index is 0.186. The Hall–Kier alpha value is -1.65. The molecule has 0 aliphatic carbocycles. The third-order valence-electron chi connectivity index (χ3n) is 2.34. The number of unbranched alkanes of at least 4 members (excludes halogenated alkanes) is 2. The summed E-state index contributed by atoms with van der Waals surface area (Å²) in [5.74, 6) is -0.253. The Bertz CT molecular complexity index is 358. The van der Waals surface area contributed by atoms with Crippen molar-refractivity contribution in [2.24, 2.45) is 0 Å². The average molecular weight is 240 g/mol. The van der Waals surface area contributed by atoms with E-state index in [4.69, 9.17) is 0 Å². The summed E-state index contributed by atoms with van der Waals surface area (Å²) in [4.78, 5) is 14.7. The molecule has 0 unspecified atom stereocenters. The summed E-state index contributed by atoms with van der Waals surface area (Å²) >= 11 is 0. The number of carbonyl (C=O) groups excluding carboxylic acids is 1. The number of nitrogens with zero attached hydrogens (tertiary/aromatic N) is 1. The first-order valence-corrected chi connectivity index (χ1v) is 5.65. The average Bonchev–Trinajstić information content (AvgIpc) is 2.35. The van der Waals surface area contributed by atoms with Crippen LogP contribution >= 0.6 is 0 Å². The highest BCUT2D eigenvalue weighted by atomic mass is 19.1. The number of aromatic nitrogens is 1. The van der Waals surface area contributed by atoms with Crippen LogP contribution in [0.1, 0.15) is 25.7 Å². The molecule has 0 bridgehead atoms. The predicted octanol–water partition coefficient (Wildman–Crippen LogP) is 2.37. The van der Waals surface area contributed by atoms with Crippen molar-refractivity contribution in [3.63, 3.8) is 0 Å². The van der Waals surface area contributed by atoms with Crippen LogP contribution < -0.4 is 5.32 Å². The number of methoxy groups -OCH3 is 1. The van der Waals surface area contributed by atoms with Gasteiger partial charge >= 0.3 is 5.97 Å². The number of hydrogen-bond acceptors (Lipinski definition) is 4. The number of ether oxygens (including phenoxy) is 1. The van der Waals surface area contributed by atoms with Crippen molar-refractivity contribution in [3.8, 4) is 0 Å². The van der Waals surface area contributed by atoms with E-state index in [-0.39, 0.29) is 17.6 Å². The van der Waals surface area contributed by atoms with Crippen LogP contribution in [0.2, 0.25) is 0 Å². The van der Waals surface area contributed by atoms with Crippen LogP contribution in [0, 0.1) is 5.82 Å². The van der Waals surface area contributed by atoms with Crippen molar-refractivity contribution in [1.82, 2.24) is 4.98 Å². The van der Waals surface area contributed by atoms with Crippen molar-refractivity contribution >= 4 is 11.8 Å². The van der Waals surface area contributed by atoms with Crippen LogP contribution in [-0.2, 0) is 9.53 Å². The second-order valence-electron chi connectivity index (χ2n) is 3.65. The van der Waals surface area contributed by atoms with Gasteiger partial charge in [-0.15, -0.1) is 0 Å². The lowest BCUT2D eigenvalue weighted by atomic mass is 10.2. The molecule has 5 heteroatoms. The molecule has 0 aromatic carbocycles. The Morgan fingerprint density at radius 3 is 3.00 bits per heavy atom. The van der Waals surface area contributed by atoms with Crippen LogP contribution in [0.25, 0.3) is 0 Å². The Morgan fingerprint density at radius 1 is 1.47 bits per heavy atom. The van der Waals surface area contributed by atoms with Gasteiger partial charge in [-0.05, 0) is 25.0 Å². The Labute approximate surface area is 100 Å². The minimum Gasteiger partial charge on any atom is -0.469 e. The topological polar surface area (TPSA) is 51.2 Å². The molecular formula is C12H17FN2O2. The number of anilines is 1. The molecule has 1 aromatic rings. The second kappa shape index (κ2) is 7.60. The fraction of sp³-hybridized carbons (Fsp3) is 0.500. The van der Waals surface area contributed by atoms with Crippen molar-refractivity contribution in [2.45, 2.75) is 25.7 Å². The van der Waals surface area contributed by atoms with Gasteiger partial charge in [-0.2, -0.15) is 0 Å². The molecule has 94 valence electrons. The number of hydrogen-bond donors (Lipinski definition) is 1. The Morgan fingerprint density at radius 2 is 2.29 bits per heavy atom. The maximum Gasteiger partial charge on any atom is 0.305 e. The fourth-order valence-corrected chi connectivity index (χ4v) is 1.40. The lowest BCUT2D eigenvalue weighted by Crippen LogP contribution is -2.05. The Kier molecular flexibility index (Phi) is 5.99. The summed E-state index contributed by atoms with van der Waals surface area (Å²) in [5, 5.41) is 2.91. The molecule has 1 rings (SSSR count). The number of halogens is 1. The van der Waals surface area contributed by atoms with Gasteiger partial charge in [-0.1, -0.05) is 6.42 Å². The van der Waals surface area contributed by atoms with Crippen LogP contribution in [0.3, 0.4) is 0 Å². The first kappa shape index (κ1) is 13.4. The molecule has 0 amide bonds. The molecule has 17 heavy (non-hydrogen) atoms. The van der Waals surface area contributed by atoms with Crippen LogP contribution in [0.4, 0.5) is 10.2 Å². The molecule has 0 spiro atoms. The number of nitrogens with one attached hydrogen (secondary N) is 1. The van der Waals surface area contributed by atoms with E-state index < -0.39 is 0 Å². The van der Waals surface area contributed by atoms with E-state index in [1.165, 1.54) is 13.2 Å². The quantitative estimate of drug-likeness (QED) is 0.587. The normalized spacial score (nSPS) is 10.0. The van der Waals surface area contributed by atoms with Gasteiger partial charge in [-0.25, -0.2) is 9.37 Å². The van der Waals surface area contributed by atoms with Gasteiger partial charge in [0.25, 0.3) is 0 Å². The molecule has 0 aliphatic rings. The summed E-state index contributed by atoms with van der Waals surface area (Å²) in [6.07, 6.45) is 4.54. The predicted molar refractivity (Wildman–Crippen MR) is 63.2 cm³/mol. The highest BCUT2D eigenvalue weighted by molar-refractivity contribution is 5.68. The van der Waals surface area contributed by atoms with Crippen LogP contribution in [0.15, 0.2) is 18.3 Å². The molecular weight excluding hydrogens is 223 g/mol. The van der Waals surface area contributed by atoms with Gasteiger partial charge in [0.2, 0.25) is 0 Å². The molecule has 4 nitrogen and oxygen atoms in total. The number of esters is 1. The smallest absolute Gasteiger partial charge is 0.305 e. The van der Waals surface area contributed by atoms with Crippen molar-refractivity contribution in [1.29, 1.82) is 0 Å². The first-order chi connectivity index (χ1) is 8.24. The van der Waals surface area contributed by atoms with Gasteiger partial charge in [0.05, 0.1) is 7.11 Å². The molecule has 0 atom stereocenters. The monoisotopic (exact) mass is 240 g/mol. The summed E-state index contributed by atoms with van der Waals surface area (Å²) in [6, 6.07) is 2.92. The maximum absolute atomic E-state index is 13.1. The standard InChI is InChI=1S/C12H17FN2O2/c1-17-11(16)7-3-2-4-8-14-12-10(13)6-5-9-15-12/h5-6,9H,2-4,7-8H2,1H3,(H,14,15). The molecule has 0 aliphatic heterocycles. The van der Waals surface area contributed by atoms with Crippen LogP contribution in [-0.4, -0.2) is 24.6 Å². The van der Waals surface area contributed by atoms with Gasteiger partial charge in [-0.3, -0.25) is 4.79 Å². The zero-order chi connectivity index (χ0) is 12.5. The van der Waals surface area contributed by atoms with Crippen molar-refractivity contribution in [2.75, 3.05) is 19.0 Å². The third-order valence-corrected chi connectivity index (χ3v) is 2.34. The first-order valence-electron chi connectivity index (χ1n) is 5.65. The second-order valence-corrected chi connectivity index (χ2v) is 3.65. The molecule has 0 fully saturated rings. The largest absolute Gasteiger partial charge is 0.469 e. The van der Waals surface area contributed by atoms with Gasteiger partial charge in [0.1, 0.15) is 0 Å². The van der Waals surface area contributed by atoms with E-state index in [1.54, 1.807) is 12.3 Å². The summed E-state index contributed by atoms with van der Waals surface area (Å²) in [7, 11) is 1.38. The summed E-state index contributed by atoms with van der Waals surface area (Å²) < 4.78 is 17.7. The summed E-state index contributed by atoms with van der Waals surface area (Å²) in [5.41, 5.74) is 0. The van der Waals surface area contributed by atoms with Crippen molar-refractivity contribution in [3.05, 3.63) is 24.1 Å². The van der Waals surface area contributed by atoms with E-state index in [9.17, 15) is 9.18 Å². The molecule has 0 saturated carbocycles. The zero-order valence-corrected chi connectivity index (χ0v) is 9.91. The van der Waals surface area contributed by atoms with Crippen LogP contribution in [0.5, 0.6) is 0 Å². The van der Waals surface area contributed by atoms with E-state index in [1.807, 2.05) is 0 Å².